The topological polar surface area (TPSA) is 85.1 Å². The number of benzene rings is 1. The fourth-order valence-corrected chi connectivity index (χ4v) is 3.60. The van der Waals surface area contributed by atoms with E-state index in [1.54, 1.807) is 6.20 Å². The number of aliphatic hydroxyl groups excluding tert-OH is 1. The standard InChI is InChI=1S/C21H27N5O2/c1-2-3-13-28-19-6-4-5-18-17(19)14-23-26(18)20-11-12-22-21(25-20)24-15-7-9-16(27)10-8-15/h4-6,11-12,14-16,27H,2-3,7-10,13H2,1H3,(H,22,24,25). The third-order valence-corrected chi connectivity index (χ3v) is 5.22. The minimum absolute atomic E-state index is 0.172. The Kier molecular flexibility index (Phi) is 5.71. The highest BCUT2D eigenvalue weighted by molar-refractivity contribution is 5.86. The van der Waals surface area contributed by atoms with Gasteiger partial charge in [-0.3, -0.25) is 0 Å². The number of nitrogens with zero attached hydrogens (tertiary/aromatic N) is 4. The van der Waals surface area contributed by atoms with Crippen molar-refractivity contribution in [2.24, 2.45) is 0 Å². The zero-order valence-corrected chi connectivity index (χ0v) is 16.2. The third kappa shape index (κ3) is 4.09. The molecular formula is C21H27N5O2. The Morgan fingerprint density at radius 2 is 2.07 bits per heavy atom. The largest absolute Gasteiger partial charge is 0.493 e. The van der Waals surface area contributed by atoms with E-state index in [9.17, 15) is 5.11 Å². The second-order valence-electron chi connectivity index (χ2n) is 7.34. The molecule has 1 saturated carbocycles. The number of aliphatic hydroxyl groups is 1. The molecule has 4 rings (SSSR count). The molecule has 0 unspecified atom stereocenters. The Morgan fingerprint density at radius 3 is 2.89 bits per heavy atom. The van der Waals surface area contributed by atoms with Crippen LogP contribution in [0.25, 0.3) is 16.7 Å². The fourth-order valence-electron chi connectivity index (χ4n) is 3.60. The highest BCUT2D eigenvalue weighted by atomic mass is 16.5. The monoisotopic (exact) mass is 381 g/mol. The molecule has 2 heterocycles. The van der Waals surface area contributed by atoms with Crippen LogP contribution in [0.5, 0.6) is 5.75 Å². The van der Waals surface area contributed by atoms with Gasteiger partial charge in [0, 0.05) is 18.3 Å². The minimum Gasteiger partial charge on any atom is -0.493 e. The van der Waals surface area contributed by atoms with Crippen molar-refractivity contribution in [3.05, 3.63) is 36.7 Å². The number of hydrogen-bond acceptors (Lipinski definition) is 6. The molecule has 0 atom stereocenters. The average molecular weight is 381 g/mol. The van der Waals surface area contributed by atoms with Gasteiger partial charge in [-0.1, -0.05) is 19.4 Å². The van der Waals surface area contributed by atoms with E-state index in [4.69, 9.17) is 4.74 Å². The molecule has 3 aromatic rings. The maximum atomic E-state index is 9.67. The van der Waals surface area contributed by atoms with Gasteiger partial charge in [0.1, 0.15) is 5.75 Å². The molecule has 0 bridgehead atoms. The van der Waals surface area contributed by atoms with Gasteiger partial charge in [-0.2, -0.15) is 10.1 Å². The molecule has 148 valence electrons. The van der Waals surface area contributed by atoms with E-state index in [-0.39, 0.29) is 6.10 Å². The first-order valence-electron chi connectivity index (χ1n) is 10.1. The number of unbranched alkanes of at least 4 members (excludes halogenated alkanes) is 1. The van der Waals surface area contributed by atoms with Gasteiger partial charge in [0.25, 0.3) is 0 Å². The maximum Gasteiger partial charge on any atom is 0.224 e. The molecule has 1 fully saturated rings. The first-order chi connectivity index (χ1) is 13.7. The van der Waals surface area contributed by atoms with Gasteiger partial charge in [-0.25, -0.2) is 9.67 Å². The van der Waals surface area contributed by atoms with Crippen molar-refractivity contribution < 1.29 is 9.84 Å². The maximum absolute atomic E-state index is 9.67. The van der Waals surface area contributed by atoms with Gasteiger partial charge in [0.2, 0.25) is 5.95 Å². The summed E-state index contributed by atoms with van der Waals surface area (Å²) >= 11 is 0. The summed E-state index contributed by atoms with van der Waals surface area (Å²) < 4.78 is 7.74. The fraction of sp³-hybridized carbons (Fsp3) is 0.476. The molecule has 1 aliphatic carbocycles. The summed E-state index contributed by atoms with van der Waals surface area (Å²) in [5.41, 5.74) is 0.958. The molecule has 2 aromatic heterocycles. The molecule has 28 heavy (non-hydrogen) atoms. The van der Waals surface area contributed by atoms with Crippen molar-refractivity contribution >= 4 is 16.9 Å². The van der Waals surface area contributed by atoms with E-state index in [1.807, 2.05) is 35.1 Å². The smallest absolute Gasteiger partial charge is 0.224 e. The van der Waals surface area contributed by atoms with Crippen molar-refractivity contribution in [2.75, 3.05) is 11.9 Å². The Bertz CT molecular complexity index is 918. The van der Waals surface area contributed by atoms with Crippen molar-refractivity contribution in [2.45, 2.75) is 57.6 Å². The summed E-state index contributed by atoms with van der Waals surface area (Å²) in [5.74, 6) is 2.16. The van der Waals surface area contributed by atoms with Crippen molar-refractivity contribution in [3.8, 4) is 11.6 Å². The number of rotatable bonds is 7. The SMILES string of the molecule is CCCCOc1cccc2c1cnn2-c1ccnc(NC2CCC(O)CC2)n1. The molecule has 2 N–H and O–H groups in total. The van der Waals surface area contributed by atoms with Crippen LogP contribution < -0.4 is 10.1 Å². The van der Waals surface area contributed by atoms with Gasteiger partial charge < -0.3 is 15.2 Å². The molecule has 7 nitrogen and oxygen atoms in total. The van der Waals surface area contributed by atoms with E-state index in [2.05, 4.69) is 27.3 Å². The lowest BCUT2D eigenvalue weighted by Gasteiger charge is -2.26. The van der Waals surface area contributed by atoms with Crippen LogP contribution >= 0.6 is 0 Å². The highest BCUT2D eigenvalue weighted by Gasteiger charge is 2.20. The zero-order valence-electron chi connectivity index (χ0n) is 16.2. The third-order valence-electron chi connectivity index (χ3n) is 5.22. The van der Waals surface area contributed by atoms with E-state index < -0.39 is 0 Å². The van der Waals surface area contributed by atoms with Gasteiger partial charge >= 0.3 is 0 Å². The molecule has 0 saturated heterocycles. The lowest BCUT2D eigenvalue weighted by Crippen LogP contribution is -2.29. The zero-order chi connectivity index (χ0) is 19.3. The minimum atomic E-state index is -0.172. The van der Waals surface area contributed by atoms with Gasteiger partial charge in [0.15, 0.2) is 5.82 Å². The molecule has 1 aromatic carbocycles. The number of hydrogen-bond donors (Lipinski definition) is 2. The number of aromatic nitrogens is 4. The molecule has 0 aliphatic heterocycles. The number of nitrogens with one attached hydrogen (secondary N) is 1. The average Bonchev–Trinajstić information content (AvgIpc) is 3.15. The normalized spacial score (nSPS) is 19.6. The van der Waals surface area contributed by atoms with Gasteiger partial charge in [-0.15, -0.1) is 0 Å². The quantitative estimate of drug-likeness (QED) is 0.607. The summed E-state index contributed by atoms with van der Waals surface area (Å²) in [4.78, 5) is 9.02. The Labute approximate surface area is 164 Å². The summed E-state index contributed by atoms with van der Waals surface area (Å²) in [6, 6.07) is 8.13. The molecule has 1 aliphatic rings. The van der Waals surface area contributed by atoms with Crippen molar-refractivity contribution in [3.63, 3.8) is 0 Å². The number of anilines is 1. The predicted octanol–water partition coefficient (Wildman–Crippen LogP) is 3.71. The van der Waals surface area contributed by atoms with Crippen LogP contribution in [0, 0.1) is 0 Å². The summed E-state index contributed by atoms with van der Waals surface area (Å²) in [6.07, 6.45) is 9.04. The first kappa shape index (κ1) is 18.7. The van der Waals surface area contributed by atoms with Crippen LogP contribution in [0.15, 0.2) is 36.7 Å². The molecule has 0 amide bonds. The summed E-state index contributed by atoms with van der Waals surface area (Å²) in [5, 5.41) is 18.6. The molecular weight excluding hydrogens is 354 g/mol. The second-order valence-corrected chi connectivity index (χ2v) is 7.34. The molecule has 7 heteroatoms. The van der Waals surface area contributed by atoms with Crippen molar-refractivity contribution in [1.82, 2.24) is 19.7 Å². The number of fused-ring (bicyclic) bond motifs is 1. The van der Waals surface area contributed by atoms with E-state index in [0.717, 1.165) is 55.2 Å². The second kappa shape index (κ2) is 8.56. The predicted molar refractivity (Wildman–Crippen MR) is 109 cm³/mol. The van der Waals surface area contributed by atoms with Crippen LogP contribution in [-0.4, -0.2) is 43.6 Å². The highest BCUT2D eigenvalue weighted by Crippen LogP contribution is 2.27. The molecule has 0 spiro atoms. The van der Waals surface area contributed by atoms with E-state index >= 15 is 0 Å². The lowest BCUT2D eigenvalue weighted by molar-refractivity contribution is 0.126. The van der Waals surface area contributed by atoms with Crippen molar-refractivity contribution in [1.29, 1.82) is 0 Å². The van der Waals surface area contributed by atoms with Gasteiger partial charge in [-0.05, 0) is 44.2 Å². The van der Waals surface area contributed by atoms with Gasteiger partial charge in [0.05, 0.1) is 29.8 Å². The van der Waals surface area contributed by atoms with Crippen LogP contribution in [-0.2, 0) is 0 Å². The number of ether oxygens (including phenoxy) is 1. The Hall–Kier alpha value is -2.67. The van der Waals surface area contributed by atoms with Crippen LogP contribution in [0.1, 0.15) is 45.4 Å². The first-order valence-corrected chi connectivity index (χ1v) is 10.1. The summed E-state index contributed by atoms with van der Waals surface area (Å²) in [7, 11) is 0. The Morgan fingerprint density at radius 1 is 1.21 bits per heavy atom. The van der Waals surface area contributed by atoms with Crippen LogP contribution in [0.2, 0.25) is 0 Å². The Balaban J connectivity index is 1.55. The summed E-state index contributed by atoms with van der Waals surface area (Å²) in [6.45, 7) is 2.86. The van der Waals surface area contributed by atoms with E-state index in [1.165, 1.54) is 0 Å². The van der Waals surface area contributed by atoms with Crippen LogP contribution in [0.3, 0.4) is 0 Å². The lowest BCUT2D eigenvalue weighted by atomic mass is 9.93. The van der Waals surface area contributed by atoms with E-state index in [0.29, 0.717) is 24.4 Å². The van der Waals surface area contributed by atoms with Crippen LogP contribution in [0.4, 0.5) is 5.95 Å². The molecule has 0 radical (unpaired) electrons.